The van der Waals surface area contributed by atoms with Gasteiger partial charge in [0.25, 0.3) is 0 Å². The molecule has 1 N–H and O–H groups in total. The van der Waals surface area contributed by atoms with E-state index in [9.17, 15) is 4.39 Å². The Bertz CT molecular complexity index is 344. The van der Waals surface area contributed by atoms with Crippen LogP contribution in [0.2, 0.25) is 5.02 Å². The highest BCUT2D eigenvalue weighted by Gasteiger charge is 2.06. The normalized spacial score (nSPS) is 13.1. The molecule has 2 nitrogen and oxygen atoms in total. The van der Waals surface area contributed by atoms with Crippen molar-refractivity contribution in [2.24, 2.45) is 0 Å². The predicted molar refractivity (Wildman–Crippen MR) is 64.0 cm³/mol. The van der Waals surface area contributed by atoms with Crippen molar-refractivity contribution < 1.29 is 9.50 Å². The average Bonchev–Trinajstić information content (AvgIpc) is 2.19. The maximum absolute atomic E-state index is 12.8. The zero-order chi connectivity index (χ0) is 12.1. The second kappa shape index (κ2) is 6.18. The monoisotopic (exact) mass is 245 g/mol. The Morgan fingerprint density at radius 3 is 2.75 bits per heavy atom. The quantitative estimate of drug-likeness (QED) is 0.862. The Hall–Kier alpha value is -0.640. The summed E-state index contributed by atoms with van der Waals surface area (Å²) >= 11 is 5.92. The Kier molecular flexibility index (Phi) is 5.19. The average molecular weight is 246 g/mol. The van der Waals surface area contributed by atoms with Crippen LogP contribution in [-0.2, 0) is 6.54 Å². The maximum Gasteiger partial charge on any atom is 0.124 e. The van der Waals surface area contributed by atoms with Crippen LogP contribution < -0.4 is 0 Å². The zero-order valence-electron chi connectivity index (χ0n) is 9.58. The highest BCUT2D eigenvalue weighted by molar-refractivity contribution is 6.31. The lowest BCUT2D eigenvalue weighted by Gasteiger charge is -2.18. The van der Waals surface area contributed by atoms with Crippen LogP contribution in [0.1, 0.15) is 18.9 Å². The number of aliphatic hydroxyl groups excluding tert-OH is 1. The van der Waals surface area contributed by atoms with Crippen molar-refractivity contribution in [1.82, 2.24) is 4.90 Å². The molecule has 0 aliphatic carbocycles. The van der Waals surface area contributed by atoms with E-state index in [2.05, 4.69) is 0 Å². The SMILES string of the molecule is CC(O)CCN(C)Cc1ccc(F)cc1Cl. The molecule has 1 unspecified atom stereocenters. The smallest absolute Gasteiger partial charge is 0.124 e. The van der Waals surface area contributed by atoms with Crippen molar-refractivity contribution in [3.05, 3.63) is 34.6 Å². The fourth-order valence-corrected chi connectivity index (χ4v) is 1.65. The van der Waals surface area contributed by atoms with Crippen molar-refractivity contribution >= 4 is 11.6 Å². The summed E-state index contributed by atoms with van der Waals surface area (Å²) in [4.78, 5) is 2.05. The number of halogens is 2. The number of benzene rings is 1. The first-order valence-electron chi connectivity index (χ1n) is 5.29. The summed E-state index contributed by atoms with van der Waals surface area (Å²) in [6, 6.07) is 4.42. The zero-order valence-corrected chi connectivity index (χ0v) is 10.3. The summed E-state index contributed by atoms with van der Waals surface area (Å²) in [6.45, 7) is 3.20. The van der Waals surface area contributed by atoms with Crippen molar-refractivity contribution in [2.45, 2.75) is 26.0 Å². The molecule has 0 spiro atoms. The predicted octanol–water partition coefficient (Wildman–Crippen LogP) is 2.68. The summed E-state index contributed by atoms with van der Waals surface area (Å²) in [5, 5.41) is 9.60. The third kappa shape index (κ3) is 4.47. The molecule has 0 heterocycles. The van der Waals surface area contributed by atoms with Crippen molar-refractivity contribution in [1.29, 1.82) is 0 Å². The number of hydrogen-bond donors (Lipinski definition) is 1. The van der Waals surface area contributed by atoms with Crippen molar-refractivity contribution in [2.75, 3.05) is 13.6 Å². The van der Waals surface area contributed by atoms with Gasteiger partial charge in [0.1, 0.15) is 5.82 Å². The molecule has 1 aromatic carbocycles. The molecule has 1 aromatic rings. The molecule has 0 aromatic heterocycles. The van der Waals surface area contributed by atoms with Gasteiger partial charge in [-0.05, 0) is 38.1 Å². The molecule has 0 aliphatic rings. The molecule has 1 rings (SSSR count). The van der Waals surface area contributed by atoms with Gasteiger partial charge in [0, 0.05) is 18.1 Å². The fraction of sp³-hybridized carbons (Fsp3) is 0.500. The molecule has 90 valence electrons. The van der Waals surface area contributed by atoms with E-state index < -0.39 is 0 Å². The van der Waals surface area contributed by atoms with E-state index in [1.54, 1.807) is 13.0 Å². The molecule has 1 atom stereocenters. The number of nitrogens with zero attached hydrogens (tertiary/aromatic N) is 1. The van der Waals surface area contributed by atoms with Crippen LogP contribution in [0, 0.1) is 5.82 Å². The first-order chi connectivity index (χ1) is 7.49. The lowest BCUT2D eigenvalue weighted by molar-refractivity contribution is 0.163. The summed E-state index contributed by atoms with van der Waals surface area (Å²) in [5.41, 5.74) is 0.899. The van der Waals surface area contributed by atoms with E-state index in [0.717, 1.165) is 18.5 Å². The maximum atomic E-state index is 12.8. The van der Waals surface area contributed by atoms with Gasteiger partial charge < -0.3 is 10.0 Å². The van der Waals surface area contributed by atoms with Crippen molar-refractivity contribution in [3.63, 3.8) is 0 Å². The summed E-state index contributed by atoms with van der Waals surface area (Å²) in [7, 11) is 1.95. The van der Waals surface area contributed by atoms with Crippen LogP contribution in [0.5, 0.6) is 0 Å². The van der Waals surface area contributed by atoms with Gasteiger partial charge in [-0.2, -0.15) is 0 Å². The molecule has 0 saturated heterocycles. The van der Waals surface area contributed by atoms with E-state index in [-0.39, 0.29) is 11.9 Å². The van der Waals surface area contributed by atoms with Crippen molar-refractivity contribution in [3.8, 4) is 0 Å². The van der Waals surface area contributed by atoms with Gasteiger partial charge in [-0.25, -0.2) is 4.39 Å². The second-order valence-electron chi connectivity index (χ2n) is 4.11. The Morgan fingerprint density at radius 1 is 1.50 bits per heavy atom. The molecule has 16 heavy (non-hydrogen) atoms. The van der Waals surface area contributed by atoms with Gasteiger partial charge in [-0.15, -0.1) is 0 Å². The topological polar surface area (TPSA) is 23.5 Å². The summed E-state index contributed by atoms with van der Waals surface area (Å²) in [5.74, 6) is -0.319. The second-order valence-corrected chi connectivity index (χ2v) is 4.52. The molecule has 0 aliphatic heterocycles. The highest BCUT2D eigenvalue weighted by Crippen LogP contribution is 2.18. The number of hydrogen-bond acceptors (Lipinski definition) is 2. The molecule has 0 bridgehead atoms. The lowest BCUT2D eigenvalue weighted by atomic mass is 10.2. The molecule has 0 fully saturated rings. The van der Waals surface area contributed by atoms with Gasteiger partial charge in [-0.3, -0.25) is 0 Å². The Balaban J connectivity index is 2.52. The van der Waals surface area contributed by atoms with E-state index in [1.807, 2.05) is 11.9 Å². The molecular weight excluding hydrogens is 229 g/mol. The van der Waals surface area contributed by atoms with Crippen LogP contribution in [0.4, 0.5) is 4.39 Å². The molecule has 0 amide bonds. The van der Waals surface area contributed by atoms with E-state index in [4.69, 9.17) is 16.7 Å². The molecule has 0 saturated carbocycles. The highest BCUT2D eigenvalue weighted by atomic mass is 35.5. The number of rotatable bonds is 5. The van der Waals surface area contributed by atoms with Gasteiger partial charge in [-0.1, -0.05) is 17.7 Å². The van der Waals surface area contributed by atoms with Crippen LogP contribution in [0.15, 0.2) is 18.2 Å². The van der Waals surface area contributed by atoms with Gasteiger partial charge >= 0.3 is 0 Å². The van der Waals surface area contributed by atoms with E-state index in [1.165, 1.54) is 12.1 Å². The summed E-state index contributed by atoms with van der Waals surface area (Å²) in [6.07, 6.45) is 0.418. The first-order valence-corrected chi connectivity index (χ1v) is 5.67. The largest absolute Gasteiger partial charge is 0.393 e. The molecular formula is C12H17ClFNO. The third-order valence-electron chi connectivity index (χ3n) is 2.38. The molecule has 0 radical (unpaired) electrons. The van der Waals surface area contributed by atoms with Crippen LogP contribution in [0.3, 0.4) is 0 Å². The van der Waals surface area contributed by atoms with Crippen LogP contribution in [0.25, 0.3) is 0 Å². The minimum atomic E-state index is -0.319. The Morgan fingerprint density at radius 2 is 2.19 bits per heavy atom. The third-order valence-corrected chi connectivity index (χ3v) is 2.74. The Labute approximate surface area is 101 Å². The van der Waals surface area contributed by atoms with Crippen LogP contribution >= 0.6 is 11.6 Å². The van der Waals surface area contributed by atoms with Gasteiger partial charge in [0.2, 0.25) is 0 Å². The van der Waals surface area contributed by atoms with E-state index in [0.29, 0.717) is 11.6 Å². The minimum Gasteiger partial charge on any atom is -0.393 e. The summed E-state index contributed by atoms with van der Waals surface area (Å²) < 4.78 is 12.8. The fourth-order valence-electron chi connectivity index (χ4n) is 1.43. The number of aliphatic hydroxyl groups is 1. The van der Waals surface area contributed by atoms with Crippen LogP contribution in [-0.4, -0.2) is 29.7 Å². The minimum absolute atomic E-state index is 0.300. The molecule has 4 heteroatoms. The van der Waals surface area contributed by atoms with E-state index >= 15 is 0 Å². The first kappa shape index (κ1) is 13.4. The lowest BCUT2D eigenvalue weighted by Crippen LogP contribution is -2.22. The van der Waals surface area contributed by atoms with Gasteiger partial charge in [0.15, 0.2) is 0 Å². The van der Waals surface area contributed by atoms with Gasteiger partial charge in [0.05, 0.1) is 6.10 Å². The standard InChI is InChI=1S/C12H17ClFNO/c1-9(16)5-6-15(2)8-10-3-4-11(14)7-12(10)13/h3-4,7,9,16H,5-6,8H2,1-2H3.